The number of rotatable bonds is 12. The van der Waals surface area contributed by atoms with E-state index in [1.165, 1.54) is 38.5 Å². The quantitative estimate of drug-likeness (QED) is 0.324. The Balaban J connectivity index is 2.91. The van der Waals surface area contributed by atoms with E-state index in [0.29, 0.717) is 6.61 Å². The summed E-state index contributed by atoms with van der Waals surface area (Å²) >= 11 is 0. The first kappa shape index (κ1) is 16.1. The average molecular weight is 250 g/mol. The van der Waals surface area contributed by atoms with Gasteiger partial charge in [-0.15, -0.1) is 0 Å². The van der Waals surface area contributed by atoms with Gasteiger partial charge in [0, 0.05) is 5.04 Å². The molecule has 0 radical (unpaired) electrons. The van der Waals surface area contributed by atoms with Gasteiger partial charge in [-0.2, -0.15) is 0 Å². The van der Waals surface area contributed by atoms with Gasteiger partial charge in [0.15, 0.2) is 0 Å². The molecule has 0 saturated heterocycles. The van der Waals surface area contributed by atoms with Crippen LogP contribution in [0.5, 0.6) is 0 Å². The fraction of sp³-hybridized carbons (Fsp3) is 0.909. The summed E-state index contributed by atoms with van der Waals surface area (Å²) in [7, 11) is 0. The summed E-state index contributed by atoms with van der Waals surface area (Å²) in [5.41, 5.74) is 0. The van der Waals surface area contributed by atoms with Crippen molar-refractivity contribution in [1.82, 2.24) is 0 Å². The number of hydrogen-bond donors (Lipinski definition) is 1. The molecule has 0 aromatic carbocycles. The molecular formula is C11H22O6. The van der Waals surface area contributed by atoms with Gasteiger partial charge in [0.1, 0.15) is 0 Å². The summed E-state index contributed by atoms with van der Waals surface area (Å²) < 4.78 is 0. The molecular weight excluding hydrogens is 228 g/mol. The second-order valence-electron chi connectivity index (χ2n) is 3.78. The summed E-state index contributed by atoms with van der Waals surface area (Å²) in [4.78, 5) is 17.9. The lowest BCUT2D eigenvalue weighted by molar-refractivity contribution is -0.618. The van der Waals surface area contributed by atoms with E-state index < -0.39 is 6.16 Å². The van der Waals surface area contributed by atoms with Crippen LogP contribution in [0.1, 0.15) is 58.3 Å². The van der Waals surface area contributed by atoms with Gasteiger partial charge < -0.3 is 5.11 Å². The van der Waals surface area contributed by atoms with Gasteiger partial charge in [0.2, 0.25) is 0 Å². The third kappa shape index (κ3) is 15.1. The molecule has 0 fully saturated rings. The molecule has 6 heteroatoms. The lowest BCUT2D eigenvalue weighted by atomic mass is 10.1. The first-order valence-electron chi connectivity index (χ1n) is 6.13. The standard InChI is InChI=1S/C11H22O6/c1-2-3-4-5-6-7-8-9-10-14-16-17-15-11(12)13/h2-10H2,1H3,(H,12,13). The zero-order valence-electron chi connectivity index (χ0n) is 10.4. The Morgan fingerprint density at radius 3 is 2.12 bits per heavy atom. The fourth-order valence-corrected chi connectivity index (χ4v) is 1.39. The Bertz CT molecular complexity index is 173. The van der Waals surface area contributed by atoms with Crippen molar-refractivity contribution >= 4 is 6.16 Å². The topological polar surface area (TPSA) is 74.2 Å². The minimum Gasteiger partial charge on any atom is -0.448 e. The van der Waals surface area contributed by atoms with Crippen LogP contribution in [0.25, 0.3) is 0 Å². The van der Waals surface area contributed by atoms with Crippen LogP contribution in [0, 0.1) is 0 Å². The van der Waals surface area contributed by atoms with Crippen molar-refractivity contribution in [3.05, 3.63) is 0 Å². The molecule has 17 heavy (non-hydrogen) atoms. The van der Waals surface area contributed by atoms with E-state index >= 15 is 0 Å². The smallest absolute Gasteiger partial charge is 0.448 e. The molecule has 0 bridgehead atoms. The second-order valence-corrected chi connectivity index (χ2v) is 3.78. The maximum Gasteiger partial charge on any atom is 0.540 e. The summed E-state index contributed by atoms with van der Waals surface area (Å²) in [6.45, 7) is 2.56. The highest BCUT2D eigenvalue weighted by Crippen LogP contribution is 2.08. The Labute approximate surface area is 102 Å². The summed E-state index contributed by atoms with van der Waals surface area (Å²) in [5, 5.41) is 15.7. The largest absolute Gasteiger partial charge is 0.540 e. The molecule has 0 spiro atoms. The van der Waals surface area contributed by atoms with Crippen LogP contribution >= 0.6 is 0 Å². The van der Waals surface area contributed by atoms with Gasteiger partial charge in [0.25, 0.3) is 0 Å². The third-order valence-corrected chi connectivity index (χ3v) is 2.26. The molecule has 6 nitrogen and oxygen atoms in total. The van der Waals surface area contributed by atoms with E-state index in [9.17, 15) is 4.79 Å². The van der Waals surface area contributed by atoms with E-state index in [2.05, 4.69) is 26.8 Å². The van der Waals surface area contributed by atoms with Crippen LogP contribution in [0.2, 0.25) is 0 Å². The van der Waals surface area contributed by atoms with Crippen LogP contribution in [-0.4, -0.2) is 17.9 Å². The van der Waals surface area contributed by atoms with E-state index in [0.717, 1.165) is 12.8 Å². The second kappa shape index (κ2) is 13.2. The number of carboxylic acid groups (broad SMARTS) is 1. The molecule has 0 aliphatic rings. The highest BCUT2D eigenvalue weighted by Gasteiger charge is 1.98. The third-order valence-electron chi connectivity index (χ3n) is 2.26. The minimum absolute atomic E-state index is 0.359. The lowest BCUT2D eigenvalue weighted by Gasteiger charge is -2.01. The zero-order chi connectivity index (χ0) is 12.8. The van der Waals surface area contributed by atoms with Gasteiger partial charge in [-0.1, -0.05) is 51.9 Å². The van der Waals surface area contributed by atoms with Crippen molar-refractivity contribution < 1.29 is 29.8 Å². The minimum atomic E-state index is -1.58. The van der Waals surface area contributed by atoms with Crippen molar-refractivity contribution in [2.24, 2.45) is 0 Å². The van der Waals surface area contributed by atoms with Crippen molar-refractivity contribution in [2.45, 2.75) is 58.3 Å². The highest BCUT2D eigenvalue weighted by atomic mass is 17.7. The Hall–Kier alpha value is -0.850. The summed E-state index contributed by atoms with van der Waals surface area (Å²) in [5.74, 6) is 0. The first-order chi connectivity index (χ1) is 8.27. The lowest BCUT2D eigenvalue weighted by Crippen LogP contribution is -2.04. The number of unbranched alkanes of at least 4 members (excludes halogenated alkanes) is 7. The van der Waals surface area contributed by atoms with E-state index in [-0.39, 0.29) is 0 Å². The molecule has 0 heterocycles. The van der Waals surface area contributed by atoms with E-state index in [1.807, 2.05) is 0 Å². The molecule has 0 rings (SSSR count). The number of carbonyl (C=O) groups is 1. The summed E-state index contributed by atoms with van der Waals surface area (Å²) in [6.07, 6.45) is 7.96. The van der Waals surface area contributed by atoms with Crippen LogP contribution in [0.4, 0.5) is 4.79 Å². The normalized spacial score (nSPS) is 10.4. The maximum absolute atomic E-state index is 9.80. The van der Waals surface area contributed by atoms with Gasteiger partial charge in [-0.25, -0.2) is 14.6 Å². The molecule has 1 N–H and O–H groups in total. The highest BCUT2D eigenvalue weighted by molar-refractivity contribution is 5.55. The Morgan fingerprint density at radius 2 is 1.53 bits per heavy atom. The van der Waals surface area contributed by atoms with Crippen LogP contribution in [0.3, 0.4) is 0 Å². The predicted molar refractivity (Wildman–Crippen MR) is 59.8 cm³/mol. The predicted octanol–water partition coefficient (Wildman–Crippen LogP) is 3.62. The van der Waals surface area contributed by atoms with E-state index in [4.69, 9.17) is 5.11 Å². The van der Waals surface area contributed by atoms with Crippen LogP contribution in [0.15, 0.2) is 0 Å². The van der Waals surface area contributed by atoms with Gasteiger partial charge >= 0.3 is 6.16 Å². The molecule has 0 aromatic heterocycles. The van der Waals surface area contributed by atoms with Crippen molar-refractivity contribution in [1.29, 1.82) is 0 Å². The fourth-order valence-electron chi connectivity index (χ4n) is 1.39. The van der Waals surface area contributed by atoms with E-state index in [1.54, 1.807) is 0 Å². The SMILES string of the molecule is CCCCCCCCCCOOOOC(=O)O. The molecule has 0 aliphatic heterocycles. The first-order valence-corrected chi connectivity index (χ1v) is 6.13. The molecule has 0 amide bonds. The van der Waals surface area contributed by atoms with Gasteiger partial charge in [-0.3, -0.25) is 0 Å². The maximum atomic E-state index is 9.80. The van der Waals surface area contributed by atoms with Crippen LogP contribution < -0.4 is 0 Å². The van der Waals surface area contributed by atoms with Crippen molar-refractivity contribution in [3.63, 3.8) is 0 Å². The van der Waals surface area contributed by atoms with Gasteiger partial charge in [-0.05, 0) is 11.5 Å². The average Bonchev–Trinajstić information content (AvgIpc) is 2.30. The Morgan fingerprint density at radius 1 is 0.941 bits per heavy atom. The van der Waals surface area contributed by atoms with Crippen molar-refractivity contribution in [3.8, 4) is 0 Å². The van der Waals surface area contributed by atoms with Crippen LogP contribution in [-0.2, 0) is 19.9 Å². The molecule has 0 saturated carbocycles. The number of hydrogen-bond acceptors (Lipinski definition) is 5. The summed E-state index contributed by atoms with van der Waals surface area (Å²) in [6, 6.07) is 0. The van der Waals surface area contributed by atoms with Crippen molar-refractivity contribution in [2.75, 3.05) is 6.61 Å². The zero-order valence-corrected chi connectivity index (χ0v) is 10.4. The Kier molecular flexibility index (Phi) is 12.6. The molecule has 102 valence electrons. The molecule has 0 aliphatic carbocycles. The van der Waals surface area contributed by atoms with Gasteiger partial charge in [0.05, 0.1) is 6.61 Å². The molecule has 0 atom stereocenters. The molecule has 0 aromatic rings. The monoisotopic (exact) mass is 250 g/mol. The molecule has 0 unspecified atom stereocenters.